The Kier molecular flexibility index (Phi) is 5.44. The van der Waals surface area contributed by atoms with Crippen LogP contribution >= 0.6 is 0 Å². The van der Waals surface area contributed by atoms with E-state index in [4.69, 9.17) is 0 Å². The van der Waals surface area contributed by atoms with Crippen molar-refractivity contribution < 1.29 is 17.6 Å². The van der Waals surface area contributed by atoms with Crippen molar-refractivity contribution in [1.29, 1.82) is 0 Å². The van der Waals surface area contributed by atoms with Gasteiger partial charge in [-0.05, 0) is 17.7 Å². The van der Waals surface area contributed by atoms with E-state index in [1.54, 1.807) is 12.1 Å². The number of nitrogens with one attached hydrogen (secondary N) is 1. The van der Waals surface area contributed by atoms with Gasteiger partial charge >= 0.3 is 0 Å². The molecule has 1 rings (SSSR count). The van der Waals surface area contributed by atoms with Gasteiger partial charge in [-0.25, -0.2) is 17.1 Å². The molecule has 0 saturated carbocycles. The van der Waals surface area contributed by atoms with Gasteiger partial charge in [-0.1, -0.05) is 12.1 Å². The highest BCUT2D eigenvalue weighted by molar-refractivity contribution is 7.89. The molecule has 1 amide bonds. The minimum Gasteiger partial charge on any atom is -0.352 e. The number of amides is 1. The van der Waals surface area contributed by atoms with E-state index in [2.05, 4.69) is 5.32 Å². The summed E-state index contributed by atoms with van der Waals surface area (Å²) in [7, 11) is -0.514. The molecule has 19 heavy (non-hydrogen) atoms. The highest BCUT2D eigenvalue weighted by atomic mass is 32.2. The van der Waals surface area contributed by atoms with Crippen LogP contribution in [0.5, 0.6) is 0 Å². The van der Waals surface area contributed by atoms with E-state index >= 15 is 0 Å². The Hall–Kier alpha value is -1.47. The average Bonchev–Trinajstić information content (AvgIpc) is 2.35. The lowest BCUT2D eigenvalue weighted by Crippen LogP contribution is -2.30. The molecule has 7 heteroatoms. The predicted octanol–water partition coefficient (Wildman–Crippen LogP) is 0.723. The van der Waals surface area contributed by atoms with Gasteiger partial charge in [-0.15, -0.1) is 0 Å². The SMILES string of the molecule is CN(C)S(=O)(=O)CCC(=O)NCc1ccc(F)cc1. The third-order valence-electron chi connectivity index (χ3n) is 2.55. The summed E-state index contributed by atoms with van der Waals surface area (Å²) in [6.07, 6.45) is -0.0955. The van der Waals surface area contributed by atoms with Crippen molar-refractivity contribution in [3.8, 4) is 0 Å². The Morgan fingerprint density at radius 3 is 2.37 bits per heavy atom. The van der Waals surface area contributed by atoms with Crippen LogP contribution in [0.4, 0.5) is 4.39 Å². The fraction of sp³-hybridized carbons (Fsp3) is 0.417. The van der Waals surface area contributed by atoms with Crippen LogP contribution < -0.4 is 5.32 Å². The molecule has 0 saturated heterocycles. The smallest absolute Gasteiger partial charge is 0.221 e. The van der Waals surface area contributed by atoms with Crippen molar-refractivity contribution in [2.75, 3.05) is 19.8 Å². The van der Waals surface area contributed by atoms with E-state index in [0.717, 1.165) is 9.87 Å². The molecule has 106 valence electrons. The molecule has 0 aliphatic carbocycles. The quantitative estimate of drug-likeness (QED) is 0.839. The van der Waals surface area contributed by atoms with Gasteiger partial charge in [0.1, 0.15) is 5.82 Å². The van der Waals surface area contributed by atoms with Gasteiger partial charge in [-0.3, -0.25) is 4.79 Å². The van der Waals surface area contributed by atoms with E-state index in [1.165, 1.54) is 26.2 Å². The van der Waals surface area contributed by atoms with Crippen molar-refractivity contribution in [1.82, 2.24) is 9.62 Å². The monoisotopic (exact) mass is 288 g/mol. The van der Waals surface area contributed by atoms with E-state index in [9.17, 15) is 17.6 Å². The summed E-state index contributed by atoms with van der Waals surface area (Å²) >= 11 is 0. The minimum absolute atomic E-state index is 0.0955. The summed E-state index contributed by atoms with van der Waals surface area (Å²) in [5, 5.41) is 2.59. The summed E-state index contributed by atoms with van der Waals surface area (Å²) in [4.78, 5) is 11.5. The number of sulfonamides is 1. The first-order valence-electron chi connectivity index (χ1n) is 5.72. The maximum atomic E-state index is 12.7. The average molecular weight is 288 g/mol. The number of hydrogen-bond donors (Lipinski definition) is 1. The third kappa shape index (κ3) is 5.35. The molecule has 0 spiro atoms. The lowest BCUT2D eigenvalue weighted by Gasteiger charge is -2.11. The number of benzene rings is 1. The Morgan fingerprint density at radius 1 is 1.26 bits per heavy atom. The summed E-state index contributed by atoms with van der Waals surface area (Å²) < 4.78 is 36.6. The first-order chi connectivity index (χ1) is 8.81. The molecule has 0 aliphatic rings. The predicted molar refractivity (Wildman–Crippen MR) is 70.3 cm³/mol. The van der Waals surface area contributed by atoms with Gasteiger partial charge in [0.05, 0.1) is 5.75 Å². The van der Waals surface area contributed by atoms with Gasteiger partial charge in [0.2, 0.25) is 15.9 Å². The lowest BCUT2D eigenvalue weighted by atomic mass is 10.2. The molecule has 0 fully saturated rings. The Labute approximate surface area is 112 Å². The van der Waals surface area contributed by atoms with Crippen molar-refractivity contribution in [3.63, 3.8) is 0 Å². The molecule has 0 heterocycles. The first kappa shape index (κ1) is 15.6. The highest BCUT2D eigenvalue weighted by Crippen LogP contribution is 2.02. The molecular weight excluding hydrogens is 271 g/mol. The number of halogens is 1. The fourth-order valence-corrected chi connectivity index (χ4v) is 2.10. The van der Waals surface area contributed by atoms with Gasteiger partial charge < -0.3 is 5.32 Å². The van der Waals surface area contributed by atoms with Gasteiger partial charge in [0.25, 0.3) is 0 Å². The number of carbonyl (C=O) groups excluding carboxylic acids is 1. The molecule has 1 aromatic rings. The van der Waals surface area contributed by atoms with Crippen LogP contribution in [0.3, 0.4) is 0 Å². The normalized spacial score (nSPS) is 11.6. The maximum absolute atomic E-state index is 12.7. The molecule has 5 nitrogen and oxygen atoms in total. The zero-order chi connectivity index (χ0) is 14.5. The van der Waals surface area contributed by atoms with E-state index in [1.807, 2.05) is 0 Å². The summed E-state index contributed by atoms with van der Waals surface area (Å²) in [5.74, 6) is -0.920. The second-order valence-corrected chi connectivity index (χ2v) is 6.55. The van der Waals surface area contributed by atoms with Gasteiger partial charge in [-0.2, -0.15) is 0 Å². The van der Waals surface area contributed by atoms with Crippen LogP contribution in [0.15, 0.2) is 24.3 Å². The topological polar surface area (TPSA) is 66.5 Å². The molecular formula is C12H17FN2O3S. The lowest BCUT2D eigenvalue weighted by molar-refractivity contribution is -0.120. The molecule has 0 radical (unpaired) electrons. The highest BCUT2D eigenvalue weighted by Gasteiger charge is 2.15. The third-order valence-corrected chi connectivity index (χ3v) is 4.38. The Bertz CT molecular complexity index is 526. The number of rotatable bonds is 6. The van der Waals surface area contributed by atoms with E-state index in [0.29, 0.717) is 0 Å². The van der Waals surface area contributed by atoms with Crippen LogP contribution in [-0.4, -0.2) is 38.5 Å². The maximum Gasteiger partial charge on any atom is 0.221 e. The number of carbonyl (C=O) groups is 1. The van der Waals surface area contributed by atoms with Crippen LogP contribution in [0, 0.1) is 5.82 Å². The zero-order valence-corrected chi connectivity index (χ0v) is 11.7. The van der Waals surface area contributed by atoms with Crippen LogP contribution in [0.2, 0.25) is 0 Å². The minimum atomic E-state index is -3.36. The largest absolute Gasteiger partial charge is 0.352 e. The van der Waals surface area contributed by atoms with Crippen molar-refractivity contribution in [2.45, 2.75) is 13.0 Å². The summed E-state index contributed by atoms with van der Waals surface area (Å²) in [6, 6.07) is 5.73. The molecule has 0 bridgehead atoms. The second kappa shape index (κ2) is 6.63. The van der Waals surface area contributed by atoms with Crippen molar-refractivity contribution >= 4 is 15.9 Å². The van der Waals surface area contributed by atoms with Crippen LogP contribution in [0.25, 0.3) is 0 Å². The molecule has 0 unspecified atom stereocenters. The molecule has 1 aromatic carbocycles. The van der Waals surface area contributed by atoms with Crippen molar-refractivity contribution in [2.24, 2.45) is 0 Å². The van der Waals surface area contributed by atoms with E-state index in [-0.39, 0.29) is 30.4 Å². The zero-order valence-electron chi connectivity index (χ0n) is 10.9. The molecule has 0 aromatic heterocycles. The standard InChI is InChI=1S/C12H17FN2O3S/c1-15(2)19(17,18)8-7-12(16)14-9-10-3-5-11(13)6-4-10/h3-6H,7-9H2,1-2H3,(H,14,16). The Balaban J connectivity index is 2.38. The number of nitrogens with zero attached hydrogens (tertiary/aromatic N) is 1. The molecule has 1 N–H and O–H groups in total. The summed E-state index contributed by atoms with van der Waals surface area (Å²) in [6.45, 7) is 0.251. The van der Waals surface area contributed by atoms with E-state index < -0.39 is 10.0 Å². The van der Waals surface area contributed by atoms with Crippen molar-refractivity contribution in [3.05, 3.63) is 35.6 Å². The van der Waals surface area contributed by atoms with Gasteiger partial charge in [0.15, 0.2) is 0 Å². The first-order valence-corrected chi connectivity index (χ1v) is 7.33. The fourth-order valence-electron chi connectivity index (χ4n) is 1.30. The number of hydrogen-bond acceptors (Lipinski definition) is 3. The molecule has 0 aliphatic heterocycles. The van der Waals surface area contributed by atoms with Crippen LogP contribution in [0.1, 0.15) is 12.0 Å². The second-order valence-electron chi connectivity index (χ2n) is 4.25. The molecule has 0 atom stereocenters. The van der Waals surface area contributed by atoms with Crippen LogP contribution in [-0.2, 0) is 21.4 Å². The Morgan fingerprint density at radius 2 is 1.84 bits per heavy atom. The summed E-state index contributed by atoms with van der Waals surface area (Å²) in [5.41, 5.74) is 0.755. The van der Waals surface area contributed by atoms with Gasteiger partial charge in [0, 0.05) is 27.1 Å².